The van der Waals surface area contributed by atoms with Crippen LogP contribution in [0.15, 0.2) is 18.2 Å². The van der Waals surface area contributed by atoms with Crippen LogP contribution in [0.1, 0.15) is 11.1 Å². The minimum Gasteiger partial charge on any atom is -0.479 e. The molecule has 1 fully saturated rings. The molecule has 0 aliphatic carbocycles. The third-order valence-electron chi connectivity index (χ3n) is 3.18. The summed E-state index contributed by atoms with van der Waals surface area (Å²) in [6.45, 7) is 0. The van der Waals surface area contributed by atoms with Gasteiger partial charge in [-0.1, -0.05) is 12.1 Å². The van der Waals surface area contributed by atoms with Crippen molar-refractivity contribution in [2.24, 2.45) is 0 Å². The SMILES string of the molecule is O=C(O)C1OB(c2cc(C(F)(F)F)cc(C(F)(F)F)c2)OC1C(=O)O. The molecule has 1 saturated heterocycles. The van der Waals surface area contributed by atoms with E-state index in [1.807, 2.05) is 0 Å². The molecule has 0 radical (unpaired) electrons. The van der Waals surface area contributed by atoms with Crippen molar-refractivity contribution in [1.29, 1.82) is 0 Å². The third kappa shape index (κ3) is 4.04. The monoisotopic (exact) mass is 372 g/mol. The molecule has 2 N–H and O–H groups in total. The molecule has 0 spiro atoms. The van der Waals surface area contributed by atoms with Crippen molar-refractivity contribution >= 4 is 24.5 Å². The summed E-state index contributed by atoms with van der Waals surface area (Å²) in [5.41, 5.74) is -4.15. The lowest BCUT2D eigenvalue weighted by molar-refractivity contribution is -0.156. The van der Waals surface area contributed by atoms with Gasteiger partial charge in [-0.3, -0.25) is 0 Å². The number of alkyl halides is 6. The Morgan fingerprint density at radius 2 is 1.20 bits per heavy atom. The van der Waals surface area contributed by atoms with E-state index in [1.54, 1.807) is 0 Å². The second-order valence-electron chi connectivity index (χ2n) is 4.96. The van der Waals surface area contributed by atoms with E-state index in [0.29, 0.717) is 0 Å². The molecule has 136 valence electrons. The number of hydrogen-bond donors (Lipinski definition) is 2. The fraction of sp³-hybridized carbons (Fsp3) is 0.333. The Kier molecular flexibility index (Phi) is 4.74. The normalized spacial score (nSPS) is 21.4. The number of carboxylic acids is 2. The van der Waals surface area contributed by atoms with Crippen molar-refractivity contribution in [1.82, 2.24) is 0 Å². The predicted octanol–water partition coefficient (Wildman–Crippen LogP) is 1.37. The average molecular weight is 372 g/mol. The predicted molar refractivity (Wildman–Crippen MR) is 66.9 cm³/mol. The molecule has 0 bridgehead atoms. The van der Waals surface area contributed by atoms with E-state index >= 15 is 0 Å². The Morgan fingerprint density at radius 1 is 0.840 bits per heavy atom. The van der Waals surface area contributed by atoms with Crippen LogP contribution in [0.5, 0.6) is 0 Å². The maximum absolute atomic E-state index is 12.8. The van der Waals surface area contributed by atoms with Gasteiger partial charge >= 0.3 is 31.4 Å². The lowest BCUT2D eigenvalue weighted by Crippen LogP contribution is -2.36. The number of carboxylic acid groups (broad SMARTS) is 2. The molecule has 1 aliphatic rings. The number of halogens is 6. The van der Waals surface area contributed by atoms with Gasteiger partial charge in [0.1, 0.15) is 0 Å². The maximum Gasteiger partial charge on any atom is 0.495 e. The fourth-order valence-electron chi connectivity index (χ4n) is 2.09. The van der Waals surface area contributed by atoms with Gasteiger partial charge < -0.3 is 19.5 Å². The van der Waals surface area contributed by atoms with Crippen LogP contribution in [0.2, 0.25) is 0 Å². The van der Waals surface area contributed by atoms with Crippen LogP contribution in [0, 0.1) is 0 Å². The highest BCUT2D eigenvalue weighted by Gasteiger charge is 2.49. The Bertz CT molecular complexity index is 648. The van der Waals surface area contributed by atoms with Crippen LogP contribution < -0.4 is 5.46 Å². The molecule has 2 atom stereocenters. The van der Waals surface area contributed by atoms with Crippen molar-refractivity contribution in [2.45, 2.75) is 24.6 Å². The first kappa shape index (κ1) is 19.1. The molecule has 1 aromatic rings. The minimum absolute atomic E-state index is 0.137. The van der Waals surface area contributed by atoms with Gasteiger partial charge in [0.15, 0.2) is 12.2 Å². The van der Waals surface area contributed by atoms with Crippen LogP contribution in [-0.4, -0.2) is 41.5 Å². The van der Waals surface area contributed by atoms with E-state index in [2.05, 4.69) is 9.31 Å². The Balaban J connectivity index is 2.48. The number of rotatable bonds is 3. The summed E-state index contributed by atoms with van der Waals surface area (Å²) >= 11 is 0. The van der Waals surface area contributed by atoms with Crippen LogP contribution >= 0.6 is 0 Å². The highest BCUT2D eigenvalue weighted by Crippen LogP contribution is 2.35. The largest absolute Gasteiger partial charge is 0.495 e. The minimum atomic E-state index is -5.13. The second kappa shape index (κ2) is 6.22. The van der Waals surface area contributed by atoms with Crippen molar-refractivity contribution in [3.05, 3.63) is 29.3 Å². The van der Waals surface area contributed by atoms with E-state index in [4.69, 9.17) is 10.2 Å². The second-order valence-corrected chi connectivity index (χ2v) is 4.96. The van der Waals surface area contributed by atoms with Crippen molar-refractivity contribution in [2.75, 3.05) is 0 Å². The molecule has 6 nitrogen and oxygen atoms in total. The zero-order valence-electron chi connectivity index (χ0n) is 11.8. The lowest BCUT2D eigenvalue weighted by atomic mass is 9.77. The highest BCUT2D eigenvalue weighted by molar-refractivity contribution is 6.62. The number of carbonyl (C=O) groups is 2. The molecule has 2 unspecified atom stereocenters. The van der Waals surface area contributed by atoms with Crippen LogP contribution in [0.4, 0.5) is 26.3 Å². The van der Waals surface area contributed by atoms with Gasteiger partial charge in [-0.15, -0.1) is 0 Å². The topological polar surface area (TPSA) is 93.1 Å². The molecule has 0 saturated carbocycles. The standard InChI is InChI=1S/C12H7BF6O6/c14-11(15,16)4-1-5(12(17,18)19)3-6(2-4)13-24-7(9(20)21)8(25-13)10(22)23/h1-3,7-8H,(H,20,21)(H,22,23). The maximum atomic E-state index is 12.8. The van der Waals surface area contributed by atoms with Gasteiger partial charge in [0.2, 0.25) is 0 Å². The summed E-state index contributed by atoms with van der Waals surface area (Å²) in [6.07, 6.45) is -14.4. The smallest absolute Gasteiger partial charge is 0.479 e. The van der Waals surface area contributed by atoms with E-state index < -0.39 is 60.2 Å². The molecule has 1 heterocycles. The van der Waals surface area contributed by atoms with E-state index in [0.717, 1.165) is 0 Å². The summed E-state index contributed by atoms with van der Waals surface area (Å²) in [5.74, 6) is -3.59. The van der Waals surface area contributed by atoms with Crippen molar-refractivity contribution in [3.8, 4) is 0 Å². The first-order valence-electron chi connectivity index (χ1n) is 6.36. The van der Waals surface area contributed by atoms with Gasteiger partial charge in [-0.25, -0.2) is 9.59 Å². The zero-order chi connectivity index (χ0) is 19.2. The Hall–Kier alpha value is -2.28. The fourth-order valence-corrected chi connectivity index (χ4v) is 2.09. The molecule has 25 heavy (non-hydrogen) atoms. The first-order chi connectivity index (χ1) is 11.3. The van der Waals surface area contributed by atoms with E-state index in [1.165, 1.54) is 0 Å². The molecule has 1 aromatic carbocycles. The Labute approximate surface area is 135 Å². The number of benzene rings is 1. The van der Waals surface area contributed by atoms with Crippen molar-refractivity contribution in [3.63, 3.8) is 0 Å². The lowest BCUT2D eigenvalue weighted by Gasteiger charge is -2.15. The first-order valence-corrected chi connectivity index (χ1v) is 6.36. The molecular formula is C12H7BF6O6. The third-order valence-corrected chi connectivity index (χ3v) is 3.18. The summed E-state index contributed by atoms with van der Waals surface area (Å²) in [5, 5.41) is 17.7. The molecule has 0 aromatic heterocycles. The zero-order valence-corrected chi connectivity index (χ0v) is 11.8. The number of hydrogen-bond acceptors (Lipinski definition) is 4. The molecule has 1 aliphatic heterocycles. The van der Waals surface area contributed by atoms with E-state index in [-0.39, 0.29) is 18.2 Å². The summed E-state index contributed by atoms with van der Waals surface area (Å²) < 4.78 is 86.1. The van der Waals surface area contributed by atoms with Gasteiger partial charge in [0.05, 0.1) is 11.1 Å². The van der Waals surface area contributed by atoms with Gasteiger partial charge in [-0.05, 0) is 11.5 Å². The molecule has 0 amide bonds. The Morgan fingerprint density at radius 3 is 1.48 bits per heavy atom. The molecular weight excluding hydrogens is 365 g/mol. The van der Waals surface area contributed by atoms with Crippen LogP contribution in [0.25, 0.3) is 0 Å². The quantitative estimate of drug-likeness (QED) is 0.615. The van der Waals surface area contributed by atoms with Crippen LogP contribution in [-0.2, 0) is 31.3 Å². The summed E-state index contributed by atoms with van der Waals surface area (Å²) in [6, 6.07) is 0.397. The molecule has 13 heteroatoms. The van der Waals surface area contributed by atoms with Gasteiger partial charge in [0, 0.05) is 0 Å². The van der Waals surface area contributed by atoms with Crippen molar-refractivity contribution < 1.29 is 55.5 Å². The average Bonchev–Trinajstić information content (AvgIpc) is 2.90. The van der Waals surface area contributed by atoms with Gasteiger partial charge in [-0.2, -0.15) is 26.3 Å². The highest BCUT2D eigenvalue weighted by atomic mass is 19.4. The van der Waals surface area contributed by atoms with Crippen LogP contribution in [0.3, 0.4) is 0 Å². The summed E-state index contributed by atoms with van der Waals surface area (Å²) in [7, 11) is -2.02. The van der Waals surface area contributed by atoms with Gasteiger partial charge in [0.25, 0.3) is 0 Å². The summed E-state index contributed by atoms with van der Waals surface area (Å²) in [4.78, 5) is 21.8. The van der Waals surface area contributed by atoms with E-state index in [9.17, 15) is 35.9 Å². The number of aliphatic carboxylic acids is 2. The molecule has 2 rings (SSSR count).